The fourth-order valence-electron chi connectivity index (χ4n) is 2.04. The van der Waals surface area contributed by atoms with Crippen molar-refractivity contribution in [2.24, 2.45) is 0 Å². The van der Waals surface area contributed by atoms with Gasteiger partial charge in [-0.2, -0.15) is 5.26 Å². The quantitative estimate of drug-likeness (QED) is 0.842. The van der Waals surface area contributed by atoms with E-state index in [1.165, 1.54) is 18.5 Å². The van der Waals surface area contributed by atoms with Crippen LogP contribution in [0.15, 0.2) is 18.2 Å². The molecule has 0 atom stereocenters. The summed E-state index contributed by atoms with van der Waals surface area (Å²) >= 11 is 0. The maximum Gasteiger partial charge on any atom is 0.0992 e. The standard InChI is InChI=1S/C13H17N3/c1-2-3-7-16-8-6-15-12-5-4-11(10-14)9-13(12)16/h4-5,9,15H,2-3,6-8H2,1H3. The number of hydrogen-bond acceptors (Lipinski definition) is 3. The average molecular weight is 215 g/mol. The summed E-state index contributed by atoms with van der Waals surface area (Å²) in [5.74, 6) is 0. The Bertz CT molecular complexity index is 406. The van der Waals surface area contributed by atoms with Crippen molar-refractivity contribution in [3.63, 3.8) is 0 Å². The van der Waals surface area contributed by atoms with E-state index >= 15 is 0 Å². The van der Waals surface area contributed by atoms with Gasteiger partial charge in [0.05, 0.1) is 23.0 Å². The molecule has 0 amide bonds. The van der Waals surface area contributed by atoms with Gasteiger partial charge in [0, 0.05) is 19.6 Å². The molecule has 2 rings (SSSR count). The van der Waals surface area contributed by atoms with Crippen LogP contribution < -0.4 is 10.2 Å². The molecule has 1 aromatic carbocycles. The molecule has 1 aromatic rings. The lowest BCUT2D eigenvalue weighted by Gasteiger charge is -2.32. The van der Waals surface area contributed by atoms with Crippen LogP contribution in [0.4, 0.5) is 11.4 Å². The van der Waals surface area contributed by atoms with Crippen molar-refractivity contribution in [3.05, 3.63) is 23.8 Å². The van der Waals surface area contributed by atoms with Crippen molar-refractivity contribution in [2.45, 2.75) is 19.8 Å². The van der Waals surface area contributed by atoms with Crippen molar-refractivity contribution >= 4 is 11.4 Å². The van der Waals surface area contributed by atoms with E-state index in [9.17, 15) is 0 Å². The third-order valence-electron chi connectivity index (χ3n) is 2.95. The predicted octanol–water partition coefficient (Wildman–Crippen LogP) is 2.59. The van der Waals surface area contributed by atoms with Crippen molar-refractivity contribution in [1.29, 1.82) is 5.26 Å². The lowest BCUT2D eigenvalue weighted by molar-refractivity contribution is 0.713. The van der Waals surface area contributed by atoms with Crippen LogP contribution in [-0.2, 0) is 0 Å². The van der Waals surface area contributed by atoms with Gasteiger partial charge in [-0.15, -0.1) is 0 Å². The normalized spacial score (nSPS) is 13.9. The van der Waals surface area contributed by atoms with Crippen LogP contribution in [-0.4, -0.2) is 19.6 Å². The van der Waals surface area contributed by atoms with Gasteiger partial charge in [0.25, 0.3) is 0 Å². The second kappa shape index (κ2) is 4.89. The van der Waals surface area contributed by atoms with Crippen molar-refractivity contribution in [1.82, 2.24) is 0 Å². The Hall–Kier alpha value is -1.69. The summed E-state index contributed by atoms with van der Waals surface area (Å²) in [4.78, 5) is 2.37. The molecule has 0 unspecified atom stereocenters. The number of fused-ring (bicyclic) bond motifs is 1. The summed E-state index contributed by atoms with van der Waals surface area (Å²) in [7, 11) is 0. The molecular weight excluding hydrogens is 198 g/mol. The molecule has 1 heterocycles. The Labute approximate surface area is 96.7 Å². The SMILES string of the molecule is CCCCN1CCNc2ccc(C#N)cc21. The van der Waals surface area contributed by atoms with Gasteiger partial charge in [-0.1, -0.05) is 13.3 Å². The van der Waals surface area contributed by atoms with Crippen molar-refractivity contribution < 1.29 is 0 Å². The molecule has 0 fully saturated rings. The van der Waals surface area contributed by atoms with E-state index in [2.05, 4.69) is 23.2 Å². The molecule has 84 valence electrons. The Kier molecular flexibility index (Phi) is 3.31. The third-order valence-corrected chi connectivity index (χ3v) is 2.95. The highest BCUT2D eigenvalue weighted by atomic mass is 15.2. The van der Waals surface area contributed by atoms with E-state index in [0.717, 1.165) is 30.9 Å². The van der Waals surface area contributed by atoms with Crippen LogP contribution in [0.1, 0.15) is 25.3 Å². The van der Waals surface area contributed by atoms with Gasteiger partial charge in [0.1, 0.15) is 0 Å². The molecule has 3 nitrogen and oxygen atoms in total. The third kappa shape index (κ3) is 2.11. The first-order valence-electron chi connectivity index (χ1n) is 5.88. The smallest absolute Gasteiger partial charge is 0.0992 e. The monoisotopic (exact) mass is 215 g/mol. The zero-order valence-corrected chi connectivity index (χ0v) is 9.66. The highest BCUT2D eigenvalue weighted by Gasteiger charge is 2.15. The zero-order valence-electron chi connectivity index (χ0n) is 9.66. The lowest BCUT2D eigenvalue weighted by atomic mass is 10.1. The minimum Gasteiger partial charge on any atom is -0.382 e. The summed E-state index contributed by atoms with van der Waals surface area (Å²) in [6.07, 6.45) is 2.41. The Morgan fingerprint density at radius 1 is 1.50 bits per heavy atom. The van der Waals surface area contributed by atoms with Crippen molar-refractivity contribution in [2.75, 3.05) is 29.9 Å². The van der Waals surface area contributed by atoms with E-state index in [0.29, 0.717) is 0 Å². The summed E-state index contributed by atoms with van der Waals surface area (Å²) in [6, 6.07) is 8.06. The van der Waals surface area contributed by atoms with Crippen LogP contribution in [0.5, 0.6) is 0 Å². The molecule has 0 saturated heterocycles. The molecule has 0 saturated carbocycles. The van der Waals surface area contributed by atoms with E-state index in [1.54, 1.807) is 0 Å². The van der Waals surface area contributed by atoms with Crippen LogP contribution in [0.3, 0.4) is 0 Å². The maximum absolute atomic E-state index is 8.91. The van der Waals surface area contributed by atoms with E-state index in [4.69, 9.17) is 5.26 Å². The molecule has 1 aliphatic rings. The lowest BCUT2D eigenvalue weighted by Crippen LogP contribution is -2.34. The molecule has 1 aliphatic heterocycles. The minimum atomic E-state index is 0.740. The molecule has 1 N–H and O–H groups in total. The van der Waals surface area contributed by atoms with Crippen molar-refractivity contribution in [3.8, 4) is 6.07 Å². The minimum absolute atomic E-state index is 0.740. The van der Waals surface area contributed by atoms with Crippen LogP contribution in [0.25, 0.3) is 0 Å². The number of nitrogens with zero attached hydrogens (tertiary/aromatic N) is 2. The van der Waals surface area contributed by atoms with Gasteiger partial charge in [-0.3, -0.25) is 0 Å². The highest BCUT2D eigenvalue weighted by molar-refractivity contribution is 5.73. The number of unbranched alkanes of at least 4 members (excludes halogenated alkanes) is 1. The summed E-state index contributed by atoms with van der Waals surface area (Å²) < 4.78 is 0. The highest BCUT2D eigenvalue weighted by Crippen LogP contribution is 2.29. The molecule has 0 aromatic heterocycles. The molecule has 0 radical (unpaired) electrons. The Balaban J connectivity index is 2.25. The number of hydrogen-bond donors (Lipinski definition) is 1. The molecule has 0 spiro atoms. The summed E-state index contributed by atoms with van der Waals surface area (Å²) in [6.45, 7) is 5.30. The fraction of sp³-hybridized carbons (Fsp3) is 0.462. The number of nitriles is 1. The average Bonchev–Trinajstić information content (AvgIpc) is 2.35. The predicted molar refractivity (Wildman–Crippen MR) is 66.8 cm³/mol. The first-order chi connectivity index (χ1) is 7.85. The number of benzene rings is 1. The second-order valence-corrected chi connectivity index (χ2v) is 4.11. The Morgan fingerprint density at radius 3 is 3.12 bits per heavy atom. The molecule has 0 bridgehead atoms. The first-order valence-corrected chi connectivity index (χ1v) is 5.88. The van der Waals surface area contributed by atoms with Crippen LogP contribution in [0.2, 0.25) is 0 Å². The Morgan fingerprint density at radius 2 is 2.38 bits per heavy atom. The molecule has 3 heteroatoms. The van der Waals surface area contributed by atoms with Gasteiger partial charge in [-0.05, 0) is 24.6 Å². The summed E-state index contributed by atoms with van der Waals surface area (Å²) in [5, 5.41) is 12.3. The largest absolute Gasteiger partial charge is 0.382 e. The van der Waals surface area contributed by atoms with Gasteiger partial charge in [0.15, 0.2) is 0 Å². The fourth-order valence-corrected chi connectivity index (χ4v) is 2.04. The van der Waals surface area contributed by atoms with Gasteiger partial charge in [-0.25, -0.2) is 0 Å². The zero-order chi connectivity index (χ0) is 11.4. The number of nitrogens with one attached hydrogen (secondary N) is 1. The topological polar surface area (TPSA) is 39.1 Å². The van der Waals surface area contributed by atoms with Gasteiger partial charge >= 0.3 is 0 Å². The summed E-state index contributed by atoms with van der Waals surface area (Å²) in [5.41, 5.74) is 3.07. The van der Waals surface area contributed by atoms with Gasteiger partial charge in [0.2, 0.25) is 0 Å². The first kappa shape index (κ1) is 10.8. The maximum atomic E-state index is 8.91. The van der Waals surface area contributed by atoms with E-state index in [-0.39, 0.29) is 0 Å². The second-order valence-electron chi connectivity index (χ2n) is 4.11. The molecule has 0 aliphatic carbocycles. The van der Waals surface area contributed by atoms with Crippen LogP contribution in [0, 0.1) is 11.3 Å². The van der Waals surface area contributed by atoms with E-state index in [1.807, 2.05) is 18.2 Å². The molecule has 16 heavy (non-hydrogen) atoms. The van der Waals surface area contributed by atoms with Crippen LogP contribution >= 0.6 is 0 Å². The number of rotatable bonds is 3. The van der Waals surface area contributed by atoms with E-state index < -0.39 is 0 Å². The molecular formula is C13H17N3. The number of anilines is 2. The van der Waals surface area contributed by atoms with Gasteiger partial charge < -0.3 is 10.2 Å².